The highest BCUT2D eigenvalue weighted by Gasteiger charge is 2.41. The van der Waals surface area contributed by atoms with Crippen LogP contribution in [0.3, 0.4) is 0 Å². The Balaban J connectivity index is 1.42. The van der Waals surface area contributed by atoms with E-state index in [9.17, 15) is 19.2 Å². The Morgan fingerprint density at radius 2 is 1.03 bits per heavy atom. The molecule has 0 radical (unpaired) electrons. The maximum Gasteiger partial charge on any atom is 0.337 e. The summed E-state index contributed by atoms with van der Waals surface area (Å²) in [6.45, 7) is -0.341. The lowest BCUT2D eigenvalue weighted by molar-refractivity contribution is -0.138. The third kappa shape index (κ3) is 7.21. The molecule has 0 spiro atoms. The largest absolute Gasteiger partial charge is 0.497 e. The molecule has 2 aromatic rings. The van der Waals surface area contributed by atoms with E-state index in [0.717, 1.165) is 0 Å². The standard InChI is InChI=1S/C21H24N6O8/c1-32-14-7-3-12(4-8-14)22-20(30)26-24-18(28)16-17(35-11-34-16)19(29)25-27-21(31)23-13-5-9-15(33-2)10-6-13/h3-10,16-17H,11H2,1-2H3,(H,24,28)(H,25,29)(H2,22,26,30)(H2,23,27,31)/t16-,17-/m1/s1. The van der Waals surface area contributed by atoms with Gasteiger partial charge in [0, 0.05) is 11.4 Å². The molecule has 0 bridgehead atoms. The summed E-state index contributed by atoms with van der Waals surface area (Å²) in [4.78, 5) is 48.7. The average Bonchev–Trinajstić information content (AvgIpc) is 3.37. The quantitative estimate of drug-likeness (QED) is 0.317. The van der Waals surface area contributed by atoms with Crippen LogP contribution in [0.2, 0.25) is 0 Å². The highest BCUT2D eigenvalue weighted by molar-refractivity contribution is 5.96. The fraction of sp³-hybridized carbons (Fsp3) is 0.238. The van der Waals surface area contributed by atoms with E-state index in [0.29, 0.717) is 22.9 Å². The van der Waals surface area contributed by atoms with Crippen LogP contribution in [-0.4, -0.2) is 57.1 Å². The van der Waals surface area contributed by atoms with Crippen molar-refractivity contribution in [3.05, 3.63) is 48.5 Å². The van der Waals surface area contributed by atoms with Crippen molar-refractivity contribution in [2.75, 3.05) is 31.6 Å². The first-order valence-electron chi connectivity index (χ1n) is 10.1. The van der Waals surface area contributed by atoms with Crippen molar-refractivity contribution >= 4 is 35.3 Å². The van der Waals surface area contributed by atoms with Gasteiger partial charge in [-0.2, -0.15) is 0 Å². The summed E-state index contributed by atoms with van der Waals surface area (Å²) in [5.74, 6) is -0.454. The van der Waals surface area contributed by atoms with Gasteiger partial charge in [0.2, 0.25) is 0 Å². The topological polar surface area (TPSA) is 177 Å². The van der Waals surface area contributed by atoms with Crippen LogP contribution in [0.4, 0.5) is 21.0 Å². The molecule has 35 heavy (non-hydrogen) atoms. The zero-order chi connectivity index (χ0) is 25.2. The van der Waals surface area contributed by atoms with Crippen LogP contribution in [0, 0.1) is 0 Å². The predicted octanol–water partition coefficient (Wildman–Crippen LogP) is 0.451. The molecule has 2 aromatic carbocycles. The van der Waals surface area contributed by atoms with E-state index < -0.39 is 36.1 Å². The van der Waals surface area contributed by atoms with Gasteiger partial charge in [-0.1, -0.05) is 0 Å². The number of hydrogen-bond donors (Lipinski definition) is 6. The maximum absolute atomic E-state index is 12.4. The summed E-state index contributed by atoms with van der Waals surface area (Å²) in [5.41, 5.74) is 9.47. The lowest BCUT2D eigenvalue weighted by atomic mass is 10.2. The molecule has 14 nitrogen and oxygen atoms in total. The number of nitrogens with one attached hydrogen (secondary N) is 6. The number of urea groups is 2. The number of benzene rings is 2. The average molecular weight is 488 g/mol. The second-order valence-corrected chi connectivity index (χ2v) is 6.89. The molecular weight excluding hydrogens is 464 g/mol. The summed E-state index contributed by atoms with van der Waals surface area (Å²) in [5, 5.41) is 5.00. The molecule has 0 saturated carbocycles. The Morgan fingerprint density at radius 3 is 1.37 bits per heavy atom. The Labute approximate surface area is 199 Å². The Morgan fingerprint density at radius 1 is 0.657 bits per heavy atom. The normalized spacial score (nSPS) is 16.4. The fourth-order valence-electron chi connectivity index (χ4n) is 2.84. The minimum Gasteiger partial charge on any atom is -0.497 e. The predicted molar refractivity (Wildman–Crippen MR) is 121 cm³/mol. The molecule has 1 heterocycles. The number of carbonyl (C=O) groups is 4. The summed E-state index contributed by atoms with van der Waals surface area (Å²) in [7, 11) is 3.03. The van der Waals surface area contributed by atoms with E-state index >= 15 is 0 Å². The zero-order valence-corrected chi connectivity index (χ0v) is 18.7. The van der Waals surface area contributed by atoms with Gasteiger partial charge >= 0.3 is 12.1 Å². The number of methoxy groups -OCH3 is 2. The van der Waals surface area contributed by atoms with Crippen molar-refractivity contribution in [2.45, 2.75) is 12.2 Å². The molecule has 14 heteroatoms. The fourth-order valence-corrected chi connectivity index (χ4v) is 2.84. The van der Waals surface area contributed by atoms with Crippen molar-refractivity contribution in [2.24, 2.45) is 0 Å². The van der Waals surface area contributed by atoms with Crippen LogP contribution in [0.15, 0.2) is 48.5 Å². The van der Waals surface area contributed by atoms with E-state index in [2.05, 4.69) is 32.3 Å². The van der Waals surface area contributed by atoms with Crippen molar-refractivity contribution in [1.82, 2.24) is 21.7 Å². The van der Waals surface area contributed by atoms with Crippen LogP contribution in [0.5, 0.6) is 11.5 Å². The third-order valence-electron chi connectivity index (χ3n) is 4.58. The van der Waals surface area contributed by atoms with E-state index in [-0.39, 0.29) is 6.79 Å². The first-order valence-corrected chi connectivity index (χ1v) is 10.1. The smallest absolute Gasteiger partial charge is 0.337 e. The molecule has 6 N–H and O–H groups in total. The first-order chi connectivity index (χ1) is 16.9. The zero-order valence-electron chi connectivity index (χ0n) is 18.7. The van der Waals surface area contributed by atoms with Crippen LogP contribution in [0.25, 0.3) is 0 Å². The highest BCUT2D eigenvalue weighted by atomic mass is 16.7. The van der Waals surface area contributed by atoms with Crippen molar-refractivity contribution in [3.63, 3.8) is 0 Å². The Hall–Kier alpha value is -4.56. The van der Waals surface area contributed by atoms with Crippen molar-refractivity contribution in [3.8, 4) is 11.5 Å². The summed E-state index contributed by atoms with van der Waals surface area (Å²) in [6.07, 6.45) is -2.74. The molecule has 1 saturated heterocycles. The van der Waals surface area contributed by atoms with E-state index in [1.165, 1.54) is 14.2 Å². The van der Waals surface area contributed by atoms with Crippen molar-refractivity contribution < 1.29 is 38.1 Å². The molecule has 0 aromatic heterocycles. The lowest BCUT2D eigenvalue weighted by Gasteiger charge is -2.17. The molecule has 6 amide bonds. The van der Waals surface area contributed by atoms with Gasteiger partial charge in [0.15, 0.2) is 12.2 Å². The highest BCUT2D eigenvalue weighted by Crippen LogP contribution is 2.16. The first kappa shape index (κ1) is 25.1. The van der Waals surface area contributed by atoms with Crippen LogP contribution in [0.1, 0.15) is 0 Å². The Kier molecular flexibility index (Phi) is 8.64. The number of ether oxygens (including phenoxy) is 4. The lowest BCUT2D eigenvalue weighted by Crippen LogP contribution is -2.55. The number of amides is 6. The molecule has 1 aliphatic heterocycles. The maximum atomic E-state index is 12.4. The molecular formula is C21H24N6O8. The molecule has 1 aliphatic rings. The van der Waals surface area contributed by atoms with Gasteiger partial charge in [-0.25, -0.2) is 20.4 Å². The number of carbonyl (C=O) groups excluding carboxylic acids is 4. The van der Waals surface area contributed by atoms with Gasteiger partial charge < -0.3 is 29.6 Å². The van der Waals surface area contributed by atoms with Gasteiger partial charge in [-0.15, -0.1) is 0 Å². The van der Waals surface area contributed by atoms with E-state index in [4.69, 9.17) is 18.9 Å². The van der Waals surface area contributed by atoms with Crippen LogP contribution < -0.4 is 41.8 Å². The van der Waals surface area contributed by atoms with Crippen LogP contribution >= 0.6 is 0 Å². The monoisotopic (exact) mass is 488 g/mol. The van der Waals surface area contributed by atoms with E-state index in [1.807, 2.05) is 0 Å². The minimum absolute atomic E-state index is 0.341. The van der Waals surface area contributed by atoms with Crippen LogP contribution in [-0.2, 0) is 19.1 Å². The summed E-state index contributed by atoms with van der Waals surface area (Å²) in [6, 6.07) is 11.5. The van der Waals surface area contributed by atoms with Gasteiger partial charge in [-0.05, 0) is 48.5 Å². The number of anilines is 2. The van der Waals surface area contributed by atoms with E-state index in [1.54, 1.807) is 48.5 Å². The molecule has 0 aliphatic carbocycles. The SMILES string of the molecule is COc1ccc(NC(=O)NNC(=O)[C@@H]2OCO[C@H]2C(=O)NNC(=O)Nc2ccc(OC)cc2)cc1. The minimum atomic E-state index is -1.37. The Bertz CT molecular complexity index is 963. The number of rotatable bonds is 6. The summed E-state index contributed by atoms with van der Waals surface area (Å²) < 4.78 is 20.3. The van der Waals surface area contributed by atoms with Gasteiger partial charge in [0.05, 0.1) is 14.2 Å². The third-order valence-corrected chi connectivity index (χ3v) is 4.58. The summed E-state index contributed by atoms with van der Waals surface area (Å²) >= 11 is 0. The second-order valence-electron chi connectivity index (χ2n) is 6.89. The van der Waals surface area contributed by atoms with Gasteiger partial charge in [0.1, 0.15) is 18.3 Å². The van der Waals surface area contributed by atoms with Gasteiger partial charge in [-0.3, -0.25) is 20.4 Å². The molecule has 0 unspecified atom stereocenters. The number of hydrogen-bond acceptors (Lipinski definition) is 8. The van der Waals surface area contributed by atoms with Crippen molar-refractivity contribution in [1.29, 1.82) is 0 Å². The number of hydrazine groups is 2. The molecule has 186 valence electrons. The molecule has 1 fully saturated rings. The molecule has 3 rings (SSSR count). The molecule has 2 atom stereocenters. The van der Waals surface area contributed by atoms with Gasteiger partial charge in [0.25, 0.3) is 11.8 Å². The second kappa shape index (κ2) is 12.1.